The standard InChI is InChI=1S/C27H33N3O2/c1-5-19(6-2)15-30-25-9-7-20(11-22(25)13-27(30)32)23-12-24(17-29(16-23)18(3)4)21-8-10-26(31)28-14-21/h7-12,14,16,18-19,21H,5-6,13,15,17H2,1-4H3. The van der Waals surface area contributed by atoms with Crippen molar-refractivity contribution in [3.8, 4) is 0 Å². The van der Waals surface area contributed by atoms with Crippen LogP contribution in [0.4, 0.5) is 5.69 Å². The number of fused-ring (bicyclic) bond motifs is 1. The summed E-state index contributed by atoms with van der Waals surface area (Å²) in [5.74, 6) is 0.572. The summed E-state index contributed by atoms with van der Waals surface area (Å²) in [4.78, 5) is 32.5. The first-order valence-corrected chi connectivity index (χ1v) is 11.8. The molecule has 2 amide bonds. The molecule has 1 aromatic carbocycles. The van der Waals surface area contributed by atoms with Crippen LogP contribution in [0.2, 0.25) is 0 Å². The minimum absolute atomic E-state index is 0.0316. The Labute approximate surface area is 191 Å². The van der Waals surface area contributed by atoms with Crippen LogP contribution >= 0.6 is 0 Å². The molecule has 5 heteroatoms. The van der Waals surface area contributed by atoms with Gasteiger partial charge < -0.3 is 9.80 Å². The molecule has 168 valence electrons. The molecule has 3 aliphatic heterocycles. The molecular formula is C27H33N3O2. The van der Waals surface area contributed by atoms with Crippen LogP contribution in [-0.4, -0.2) is 42.1 Å². The molecule has 0 radical (unpaired) electrons. The number of hydrogen-bond donors (Lipinski definition) is 0. The number of nitrogens with zero attached hydrogens (tertiary/aromatic N) is 3. The van der Waals surface area contributed by atoms with Crippen molar-refractivity contribution in [1.29, 1.82) is 0 Å². The average Bonchev–Trinajstić information content (AvgIpc) is 3.11. The van der Waals surface area contributed by atoms with Crippen molar-refractivity contribution < 1.29 is 9.59 Å². The summed E-state index contributed by atoms with van der Waals surface area (Å²) in [5, 5.41) is 0. The molecule has 5 nitrogen and oxygen atoms in total. The maximum atomic E-state index is 12.8. The zero-order valence-corrected chi connectivity index (χ0v) is 19.5. The number of anilines is 1. The Hall–Kier alpha value is -2.95. The van der Waals surface area contributed by atoms with E-state index in [9.17, 15) is 9.59 Å². The number of dihydropyridines is 1. The van der Waals surface area contributed by atoms with E-state index in [4.69, 9.17) is 0 Å². The lowest BCUT2D eigenvalue weighted by Gasteiger charge is -2.32. The van der Waals surface area contributed by atoms with E-state index in [1.165, 1.54) is 5.57 Å². The van der Waals surface area contributed by atoms with Crippen LogP contribution in [0, 0.1) is 11.8 Å². The summed E-state index contributed by atoms with van der Waals surface area (Å²) in [7, 11) is 0. The predicted octanol–water partition coefficient (Wildman–Crippen LogP) is 4.79. The molecule has 0 spiro atoms. The summed E-state index contributed by atoms with van der Waals surface area (Å²) in [6.45, 7) is 10.4. The van der Waals surface area contributed by atoms with Gasteiger partial charge in [-0.15, -0.1) is 0 Å². The van der Waals surface area contributed by atoms with E-state index in [0.717, 1.165) is 48.3 Å². The number of rotatable bonds is 7. The van der Waals surface area contributed by atoms with E-state index in [-0.39, 0.29) is 17.7 Å². The predicted molar refractivity (Wildman–Crippen MR) is 131 cm³/mol. The van der Waals surface area contributed by atoms with Crippen molar-refractivity contribution in [3.63, 3.8) is 0 Å². The third-order valence-corrected chi connectivity index (χ3v) is 6.85. The van der Waals surface area contributed by atoms with Crippen LogP contribution in [0.15, 0.2) is 53.2 Å². The number of hydrogen-bond acceptors (Lipinski definition) is 3. The summed E-state index contributed by atoms with van der Waals surface area (Å²) in [5.41, 5.74) is 5.65. The first-order chi connectivity index (χ1) is 15.4. The summed E-state index contributed by atoms with van der Waals surface area (Å²) in [6, 6.07) is 6.78. The Morgan fingerprint density at radius 2 is 1.94 bits per heavy atom. The average molecular weight is 432 g/mol. The summed E-state index contributed by atoms with van der Waals surface area (Å²) >= 11 is 0. The molecule has 0 N–H and O–H groups in total. The lowest BCUT2D eigenvalue weighted by atomic mass is 9.90. The molecule has 0 fully saturated rings. The van der Waals surface area contributed by atoms with E-state index in [1.807, 2.05) is 11.0 Å². The molecular weight excluding hydrogens is 398 g/mol. The molecule has 3 heterocycles. The van der Waals surface area contributed by atoms with E-state index in [1.54, 1.807) is 12.3 Å². The van der Waals surface area contributed by atoms with Gasteiger partial charge in [-0.05, 0) is 54.2 Å². The second kappa shape index (κ2) is 9.27. The van der Waals surface area contributed by atoms with Crippen LogP contribution < -0.4 is 4.90 Å². The molecule has 1 aromatic rings. The molecule has 1 unspecified atom stereocenters. The van der Waals surface area contributed by atoms with Crippen LogP contribution in [0.25, 0.3) is 5.57 Å². The van der Waals surface area contributed by atoms with Crippen molar-refractivity contribution in [2.24, 2.45) is 16.8 Å². The number of carbonyl (C=O) groups excluding carboxylic acids is 2. The van der Waals surface area contributed by atoms with Gasteiger partial charge in [-0.3, -0.25) is 9.59 Å². The number of aliphatic imine (C=N–C) groups is 1. The lowest BCUT2D eigenvalue weighted by molar-refractivity contribution is -0.117. The van der Waals surface area contributed by atoms with Crippen LogP contribution in [0.5, 0.6) is 0 Å². The van der Waals surface area contributed by atoms with Gasteiger partial charge in [-0.1, -0.05) is 44.9 Å². The number of carbonyl (C=O) groups is 2. The Bertz CT molecular complexity index is 1010. The Balaban J connectivity index is 1.64. The van der Waals surface area contributed by atoms with Crippen molar-refractivity contribution in [1.82, 2.24) is 4.90 Å². The van der Waals surface area contributed by atoms with Gasteiger partial charge in [-0.25, -0.2) is 4.99 Å². The molecule has 0 saturated carbocycles. The minimum Gasteiger partial charge on any atom is -0.370 e. The van der Waals surface area contributed by atoms with E-state index >= 15 is 0 Å². The topological polar surface area (TPSA) is 53.0 Å². The van der Waals surface area contributed by atoms with Crippen molar-refractivity contribution in [2.75, 3.05) is 18.0 Å². The molecule has 1 atom stereocenters. The number of amides is 2. The van der Waals surface area contributed by atoms with E-state index < -0.39 is 0 Å². The first-order valence-electron chi connectivity index (χ1n) is 11.8. The first kappa shape index (κ1) is 22.3. The third-order valence-electron chi connectivity index (χ3n) is 6.85. The lowest BCUT2D eigenvalue weighted by Crippen LogP contribution is -2.32. The Morgan fingerprint density at radius 1 is 1.16 bits per heavy atom. The van der Waals surface area contributed by atoms with Crippen LogP contribution in [0.1, 0.15) is 51.7 Å². The maximum Gasteiger partial charge on any atom is 0.269 e. The molecule has 0 aliphatic carbocycles. The molecule has 4 rings (SSSR count). The fourth-order valence-corrected chi connectivity index (χ4v) is 4.63. The van der Waals surface area contributed by atoms with Gasteiger partial charge in [0, 0.05) is 49.2 Å². The highest BCUT2D eigenvalue weighted by atomic mass is 16.2. The van der Waals surface area contributed by atoms with Gasteiger partial charge in [0.2, 0.25) is 5.91 Å². The van der Waals surface area contributed by atoms with Gasteiger partial charge >= 0.3 is 0 Å². The normalized spacial score (nSPS) is 20.4. The SMILES string of the molecule is CCC(CC)CN1C(=O)Cc2cc(C3=CN(C(C)C)CC(C4C=CC(=O)N=C4)=C3)ccc21. The quantitative estimate of drug-likeness (QED) is 0.624. The van der Waals surface area contributed by atoms with Crippen LogP contribution in [0.3, 0.4) is 0 Å². The minimum atomic E-state index is -0.199. The fourth-order valence-electron chi connectivity index (χ4n) is 4.63. The molecule has 32 heavy (non-hydrogen) atoms. The second-order valence-corrected chi connectivity index (χ2v) is 9.28. The Morgan fingerprint density at radius 3 is 2.59 bits per heavy atom. The fraction of sp³-hybridized carbons (Fsp3) is 0.444. The monoisotopic (exact) mass is 431 g/mol. The third kappa shape index (κ3) is 4.47. The van der Waals surface area contributed by atoms with Gasteiger partial charge in [0.25, 0.3) is 5.91 Å². The smallest absolute Gasteiger partial charge is 0.269 e. The summed E-state index contributed by atoms with van der Waals surface area (Å²) in [6.07, 6.45) is 12.3. The molecule has 3 aliphatic rings. The van der Waals surface area contributed by atoms with E-state index in [0.29, 0.717) is 18.4 Å². The molecule has 0 aromatic heterocycles. The maximum absolute atomic E-state index is 12.8. The number of allylic oxidation sites excluding steroid dienone is 3. The summed E-state index contributed by atoms with van der Waals surface area (Å²) < 4.78 is 0. The second-order valence-electron chi connectivity index (χ2n) is 9.28. The largest absolute Gasteiger partial charge is 0.370 e. The highest BCUT2D eigenvalue weighted by Crippen LogP contribution is 2.35. The number of benzene rings is 1. The molecule has 0 saturated heterocycles. The van der Waals surface area contributed by atoms with Crippen molar-refractivity contribution in [2.45, 2.75) is 53.0 Å². The van der Waals surface area contributed by atoms with Crippen molar-refractivity contribution >= 4 is 29.3 Å². The van der Waals surface area contributed by atoms with Gasteiger partial charge in [-0.2, -0.15) is 0 Å². The van der Waals surface area contributed by atoms with Gasteiger partial charge in [0.05, 0.1) is 6.42 Å². The van der Waals surface area contributed by atoms with Gasteiger partial charge in [0.1, 0.15) is 0 Å². The highest BCUT2D eigenvalue weighted by molar-refractivity contribution is 6.02. The Kier molecular flexibility index (Phi) is 6.45. The zero-order chi connectivity index (χ0) is 22.8. The van der Waals surface area contributed by atoms with E-state index in [2.05, 4.69) is 68.1 Å². The molecule has 0 bridgehead atoms. The van der Waals surface area contributed by atoms with Crippen molar-refractivity contribution in [3.05, 3.63) is 59.3 Å². The highest BCUT2D eigenvalue weighted by Gasteiger charge is 2.29. The van der Waals surface area contributed by atoms with Crippen LogP contribution in [-0.2, 0) is 16.0 Å². The zero-order valence-electron chi connectivity index (χ0n) is 19.5. The van der Waals surface area contributed by atoms with Gasteiger partial charge in [0.15, 0.2) is 0 Å².